The van der Waals surface area contributed by atoms with Crippen molar-refractivity contribution in [3.05, 3.63) is 47.2 Å². The molecule has 2 aliphatic heterocycles. The number of benzene rings is 1. The number of halogens is 1. The van der Waals surface area contributed by atoms with Gasteiger partial charge in [-0.2, -0.15) is 0 Å². The standard InChI is InChI=1S/C19H21ClN2O2S/c1-13-19(23)22-10-2-3-15(22)11-21(13)12-16-6-9-18(24-16)25-17-7-4-14(20)5-8-17/h4-9,13,15H,2-3,10-12H2,1H3/t13-,15-/m0/s1. The Morgan fingerprint density at radius 1 is 1.24 bits per heavy atom. The lowest BCUT2D eigenvalue weighted by molar-refractivity contribution is -0.143. The van der Waals surface area contributed by atoms with E-state index in [4.69, 9.17) is 16.0 Å². The first-order chi connectivity index (χ1) is 12.1. The lowest BCUT2D eigenvalue weighted by Gasteiger charge is -2.41. The molecule has 2 aromatic rings. The molecule has 2 saturated heterocycles. The molecule has 0 N–H and O–H groups in total. The van der Waals surface area contributed by atoms with Crippen molar-refractivity contribution in [2.75, 3.05) is 13.1 Å². The highest BCUT2D eigenvalue weighted by Crippen LogP contribution is 2.31. The number of furan rings is 1. The molecule has 1 amide bonds. The van der Waals surface area contributed by atoms with Gasteiger partial charge in [-0.15, -0.1) is 0 Å². The van der Waals surface area contributed by atoms with Crippen molar-refractivity contribution in [1.82, 2.24) is 9.80 Å². The number of piperazine rings is 1. The Bertz CT molecular complexity index is 761. The van der Waals surface area contributed by atoms with Gasteiger partial charge in [0.25, 0.3) is 0 Å². The summed E-state index contributed by atoms with van der Waals surface area (Å²) in [5, 5.41) is 1.59. The van der Waals surface area contributed by atoms with Gasteiger partial charge in [-0.25, -0.2) is 0 Å². The molecule has 4 nitrogen and oxygen atoms in total. The second-order valence-corrected chi connectivity index (χ2v) is 8.22. The van der Waals surface area contributed by atoms with Crippen LogP contribution in [0.25, 0.3) is 0 Å². The fourth-order valence-electron chi connectivity index (χ4n) is 3.66. The van der Waals surface area contributed by atoms with E-state index >= 15 is 0 Å². The third-order valence-electron chi connectivity index (χ3n) is 5.04. The van der Waals surface area contributed by atoms with E-state index in [9.17, 15) is 4.79 Å². The highest BCUT2D eigenvalue weighted by molar-refractivity contribution is 7.99. The normalized spacial score (nSPS) is 23.9. The molecule has 4 rings (SSSR count). The van der Waals surface area contributed by atoms with Crippen LogP contribution in [0, 0.1) is 0 Å². The first-order valence-corrected chi connectivity index (χ1v) is 9.86. The largest absolute Gasteiger partial charge is 0.453 e. The lowest BCUT2D eigenvalue weighted by atomic mass is 10.1. The number of fused-ring (bicyclic) bond motifs is 1. The van der Waals surface area contributed by atoms with Crippen molar-refractivity contribution >= 4 is 29.3 Å². The van der Waals surface area contributed by atoms with Crippen LogP contribution in [0.1, 0.15) is 25.5 Å². The Labute approximate surface area is 157 Å². The molecule has 2 aliphatic rings. The van der Waals surface area contributed by atoms with Gasteiger partial charge >= 0.3 is 0 Å². The number of hydrogen-bond donors (Lipinski definition) is 0. The summed E-state index contributed by atoms with van der Waals surface area (Å²) in [7, 11) is 0. The van der Waals surface area contributed by atoms with Crippen LogP contribution < -0.4 is 0 Å². The van der Waals surface area contributed by atoms with E-state index in [0.717, 1.165) is 46.7 Å². The smallest absolute Gasteiger partial charge is 0.239 e. The van der Waals surface area contributed by atoms with E-state index in [0.29, 0.717) is 12.6 Å². The van der Waals surface area contributed by atoms with Crippen LogP contribution in [0.2, 0.25) is 5.02 Å². The van der Waals surface area contributed by atoms with E-state index < -0.39 is 0 Å². The third-order valence-corrected chi connectivity index (χ3v) is 6.22. The predicted molar refractivity (Wildman–Crippen MR) is 98.9 cm³/mol. The molecule has 0 bridgehead atoms. The molecule has 0 saturated carbocycles. The zero-order chi connectivity index (χ0) is 17.4. The molecule has 1 aromatic carbocycles. The van der Waals surface area contributed by atoms with Gasteiger partial charge < -0.3 is 9.32 Å². The Morgan fingerprint density at radius 3 is 2.84 bits per heavy atom. The summed E-state index contributed by atoms with van der Waals surface area (Å²) >= 11 is 7.50. The van der Waals surface area contributed by atoms with Crippen molar-refractivity contribution in [2.24, 2.45) is 0 Å². The molecule has 2 fully saturated rings. The molecular weight excluding hydrogens is 356 g/mol. The summed E-state index contributed by atoms with van der Waals surface area (Å²) in [6.07, 6.45) is 2.24. The van der Waals surface area contributed by atoms with Crippen molar-refractivity contribution in [2.45, 2.75) is 48.4 Å². The quantitative estimate of drug-likeness (QED) is 0.798. The van der Waals surface area contributed by atoms with Gasteiger partial charge in [0, 0.05) is 29.0 Å². The first-order valence-electron chi connectivity index (χ1n) is 8.67. The van der Waals surface area contributed by atoms with Gasteiger partial charge in [-0.1, -0.05) is 23.4 Å². The van der Waals surface area contributed by atoms with E-state index in [2.05, 4.69) is 9.80 Å². The summed E-state index contributed by atoms with van der Waals surface area (Å²) in [5.41, 5.74) is 0. The van der Waals surface area contributed by atoms with Crippen molar-refractivity contribution in [3.63, 3.8) is 0 Å². The monoisotopic (exact) mass is 376 g/mol. The molecule has 3 heterocycles. The number of hydrogen-bond acceptors (Lipinski definition) is 4. The van der Waals surface area contributed by atoms with Crippen LogP contribution in [0.3, 0.4) is 0 Å². The average molecular weight is 377 g/mol. The predicted octanol–water partition coefficient (Wildman–Crippen LogP) is 4.28. The Kier molecular flexibility index (Phi) is 4.80. The zero-order valence-electron chi connectivity index (χ0n) is 14.2. The molecule has 0 aliphatic carbocycles. The van der Waals surface area contributed by atoms with Crippen LogP contribution in [0.15, 0.2) is 50.8 Å². The van der Waals surface area contributed by atoms with E-state index in [1.165, 1.54) is 0 Å². The second-order valence-electron chi connectivity index (χ2n) is 6.71. The molecule has 0 unspecified atom stereocenters. The van der Waals surface area contributed by atoms with E-state index in [-0.39, 0.29) is 11.9 Å². The number of carbonyl (C=O) groups is 1. The van der Waals surface area contributed by atoms with Crippen LogP contribution in [0.5, 0.6) is 0 Å². The second kappa shape index (κ2) is 7.06. The van der Waals surface area contributed by atoms with E-state index in [1.54, 1.807) is 11.8 Å². The maximum absolute atomic E-state index is 12.5. The molecule has 0 radical (unpaired) electrons. The van der Waals surface area contributed by atoms with E-state index in [1.807, 2.05) is 43.3 Å². The summed E-state index contributed by atoms with van der Waals surface area (Å²) in [5.74, 6) is 1.17. The summed E-state index contributed by atoms with van der Waals surface area (Å²) in [6.45, 7) is 4.54. The average Bonchev–Trinajstić information content (AvgIpc) is 3.24. The van der Waals surface area contributed by atoms with Crippen molar-refractivity contribution in [3.8, 4) is 0 Å². The topological polar surface area (TPSA) is 36.7 Å². The van der Waals surface area contributed by atoms with Gasteiger partial charge in [0.1, 0.15) is 5.76 Å². The number of nitrogens with zero attached hydrogens (tertiary/aromatic N) is 2. The minimum atomic E-state index is -0.0770. The van der Waals surface area contributed by atoms with Gasteiger partial charge in [0.2, 0.25) is 5.91 Å². The zero-order valence-corrected chi connectivity index (χ0v) is 15.7. The molecule has 1 aromatic heterocycles. The molecule has 0 spiro atoms. The molecule has 2 atom stereocenters. The number of carbonyl (C=O) groups excluding carboxylic acids is 1. The van der Waals surface area contributed by atoms with Crippen LogP contribution in [0.4, 0.5) is 0 Å². The molecule has 25 heavy (non-hydrogen) atoms. The van der Waals surface area contributed by atoms with Crippen molar-refractivity contribution < 1.29 is 9.21 Å². The first kappa shape index (κ1) is 17.0. The minimum absolute atomic E-state index is 0.0770. The molecule has 6 heteroatoms. The minimum Gasteiger partial charge on any atom is -0.453 e. The van der Waals surface area contributed by atoms with Crippen LogP contribution in [-0.2, 0) is 11.3 Å². The van der Waals surface area contributed by atoms with Gasteiger partial charge in [0.15, 0.2) is 5.09 Å². The Hall–Kier alpha value is -1.43. The summed E-state index contributed by atoms with van der Waals surface area (Å²) in [6, 6.07) is 12.0. The van der Waals surface area contributed by atoms with Gasteiger partial charge in [-0.3, -0.25) is 9.69 Å². The molecule has 132 valence electrons. The fourth-order valence-corrected chi connectivity index (χ4v) is 4.57. The van der Waals surface area contributed by atoms with Gasteiger partial charge in [-0.05, 0) is 56.2 Å². The van der Waals surface area contributed by atoms with Crippen molar-refractivity contribution in [1.29, 1.82) is 0 Å². The maximum atomic E-state index is 12.5. The highest BCUT2D eigenvalue weighted by atomic mass is 35.5. The highest BCUT2D eigenvalue weighted by Gasteiger charge is 2.40. The fraction of sp³-hybridized carbons (Fsp3) is 0.421. The number of amides is 1. The SMILES string of the molecule is C[C@H]1C(=O)N2CCC[C@H]2CN1Cc1ccc(Sc2ccc(Cl)cc2)o1. The third kappa shape index (κ3) is 3.59. The Balaban J connectivity index is 1.42. The lowest BCUT2D eigenvalue weighted by Crippen LogP contribution is -2.58. The maximum Gasteiger partial charge on any atom is 0.239 e. The molecular formula is C19H21ClN2O2S. The Morgan fingerprint density at radius 2 is 2.04 bits per heavy atom. The number of rotatable bonds is 4. The summed E-state index contributed by atoms with van der Waals surface area (Å²) < 4.78 is 5.98. The van der Waals surface area contributed by atoms with Crippen LogP contribution in [-0.4, -0.2) is 40.9 Å². The summed E-state index contributed by atoms with van der Waals surface area (Å²) in [4.78, 5) is 17.9. The van der Waals surface area contributed by atoms with Crippen LogP contribution >= 0.6 is 23.4 Å². The van der Waals surface area contributed by atoms with Gasteiger partial charge in [0.05, 0.1) is 12.6 Å².